The van der Waals surface area contributed by atoms with Crippen LogP contribution < -0.4 is 29.4 Å². The van der Waals surface area contributed by atoms with Crippen LogP contribution in [0, 0.1) is 11.3 Å². The summed E-state index contributed by atoms with van der Waals surface area (Å²) < 4.78 is 28.0. The van der Waals surface area contributed by atoms with E-state index in [0.717, 1.165) is 18.4 Å². The molecule has 1 heterocycles. The summed E-state index contributed by atoms with van der Waals surface area (Å²) in [5, 5.41) is 10.4. The van der Waals surface area contributed by atoms with Crippen molar-refractivity contribution in [2.24, 2.45) is 5.73 Å². The number of carbonyl (C=O) groups is 1. The lowest BCUT2D eigenvalue weighted by Gasteiger charge is -2.27. The number of nitrogens with two attached hydrogens (primary N) is 1. The zero-order valence-corrected chi connectivity index (χ0v) is 21.8. The van der Waals surface area contributed by atoms with Crippen molar-refractivity contribution in [1.82, 2.24) is 0 Å². The average molecular weight is 535 g/mol. The summed E-state index contributed by atoms with van der Waals surface area (Å²) in [6, 6.07) is 19.3. The number of ether oxygens (including phenoxy) is 5. The number of fused-ring (bicyclic) bond motifs is 1. The highest BCUT2D eigenvalue weighted by molar-refractivity contribution is 6.30. The van der Waals surface area contributed by atoms with Crippen molar-refractivity contribution in [3.05, 3.63) is 88.3 Å². The molecule has 2 N–H and O–H groups in total. The van der Waals surface area contributed by atoms with Crippen molar-refractivity contribution < 1.29 is 28.5 Å². The van der Waals surface area contributed by atoms with Crippen LogP contribution in [0.4, 0.5) is 0 Å². The third kappa shape index (κ3) is 6.13. The van der Waals surface area contributed by atoms with Gasteiger partial charge in [0, 0.05) is 16.7 Å². The van der Waals surface area contributed by atoms with Gasteiger partial charge in [-0.15, -0.1) is 0 Å². The topological polar surface area (TPSA) is 113 Å². The van der Waals surface area contributed by atoms with Crippen molar-refractivity contribution in [3.63, 3.8) is 0 Å². The SMILES string of the molecule is CCCCOc1ccc(C2C(C#N)=C(N)Oc3cc(OC(=O)COc4cccc(Cl)c4)ccc32)cc1OC. The second-order valence-electron chi connectivity index (χ2n) is 8.46. The second-order valence-corrected chi connectivity index (χ2v) is 8.89. The Morgan fingerprint density at radius 1 is 1.08 bits per heavy atom. The quantitative estimate of drug-likeness (QED) is 0.199. The van der Waals surface area contributed by atoms with Gasteiger partial charge in [0.25, 0.3) is 0 Å². The number of benzene rings is 3. The molecule has 0 spiro atoms. The molecule has 1 aliphatic heterocycles. The fourth-order valence-electron chi connectivity index (χ4n) is 4.01. The Bertz CT molecular complexity index is 1400. The highest BCUT2D eigenvalue weighted by Gasteiger charge is 2.31. The molecule has 0 saturated carbocycles. The number of hydrogen-bond acceptors (Lipinski definition) is 8. The molecule has 38 heavy (non-hydrogen) atoms. The zero-order chi connectivity index (χ0) is 27.1. The number of esters is 1. The Hall–Kier alpha value is -4.35. The van der Waals surface area contributed by atoms with Crippen LogP contribution in [0.3, 0.4) is 0 Å². The van der Waals surface area contributed by atoms with Crippen molar-refractivity contribution >= 4 is 17.6 Å². The van der Waals surface area contributed by atoms with Crippen LogP contribution in [0.1, 0.15) is 36.8 Å². The van der Waals surface area contributed by atoms with Crippen LogP contribution in [0.5, 0.6) is 28.7 Å². The van der Waals surface area contributed by atoms with E-state index in [4.69, 9.17) is 41.0 Å². The molecule has 0 bridgehead atoms. The van der Waals surface area contributed by atoms with Gasteiger partial charge in [-0.1, -0.05) is 43.1 Å². The lowest BCUT2D eigenvalue weighted by molar-refractivity contribution is -0.136. The van der Waals surface area contributed by atoms with Crippen LogP contribution in [-0.2, 0) is 4.79 Å². The minimum absolute atomic E-state index is 0.0278. The predicted molar refractivity (Wildman–Crippen MR) is 142 cm³/mol. The minimum Gasteiger partial charge on any atom is -0.493 e. The summed E-state index contributed by atoms with van der Waals surface area (Å²) >= 11 is 5.94. The van der Waals surface area contributed by atoms with Gasteiger partial charge in [-0.05, 0) is 48.4 Å². The van der Waals surface area contributed by atoms with Gasteiger partial charge in [0.1, 0.15) is 28.9 Å². The van der Waals surface area contributed by atoms with Crippen LogP contribution >= 0.6 is 11.6 Å². The van der Waals surface area contributed by atoms with Crippen LogP contribution in [0.25, 0.3) is 0 Å². The van der Waals surface area contributed by atoms with Gasteiger partial charge in [0.15, 0.2) is 18.1 Å². The van der Waals surface area contributed by atoms with Gasteiger partial charge >= 0.3 is 5.97 Å². The van der Waals surface area contributed by atoms with Gasteiger partial charge in [-0.2, -0.15) is 5.26 Å². The summed E-state index contributed by atoms with van der Waals surface area (Å²) in [5.74, 6) is 1.08. The first-order valence-corrected chi connectivity index (χ1v) is 12.4. The Morgan fingerprint density at radius 2 is 1.92 bits per heavy atom. The molecule has 1 unspecified atom stereocenters. The molecule has 9 heteroatoms. The Kier molecular flexibility index (Phi) is 8.62. The molecule has 8 nitrogen and oxygen atoms in total. The molecule has 0 aliphatic carbocycles. The van der Waals surface area contributed by atoms with E-state index in [-0.39, 0.29) is 23.8 Å². The lowest BCUT2D eigenvalue weighted by atomic mass is 9.83. The fourth-order valence-corrected chi connectivity index (χ4v) is 4.19. The molecule has 0 aromatic heterocycles. The highest BCUT2D eigenvalue weighted by Crippen LogP contribution is 2.45. The predicted octanol–water partition coefficient (Wildman–Crippen LogP) is 5.73. The van der Waals surface area contributed by atoms with E-state index in [9.17, 15) is 10.1 Å². The van der Waals surface area contributed by atoms with Gasteiger partial charge < -0.3 is 29.4 Å². The van der Waals surface area contributed by atoms with Gasteiger partial charge in [0.05, 0.1) is 19.6 Å². The first-order valence-electron chi connectivity index (χ1n) is 12.0. The number of carbonyl (C=O) groups excluding carboxylic acids is 1. The highest BCUT2D eigenvalue weighted by atomic mass is 35.5. The van der Waals surface area contributed by atoms with E-state index in [1.54, 1.807) is 49.6 Å². The molecule has 1 atom stereocenters. The monoisotopic (exact) mass is 534 g/mol. The number of unbranched alkanes of at least 4 members (excludes halogenated alkanes) is 1. The third-order valence-corrected chi connectivity index (χ3v) is 6.09. The molecule has 196 valence electrons. The molecule has 0 amide bonds. The van der Waals surface area contributed by atoms with Crippen molar-refractivity contribution in [2.45, 2.75) is 25.7 Å². The number of hydrogen-bond donors (Lipinski definition) is 1. The van der Waals surface area contributed by atoms with Crippen molar-refractivity contribution in [2.75, 3.05) is 20.3 Å². The van der Waals surface area contributed by atoms with Crippen LogP contribution in [0.2, 0.25) is 5.02 Å². The molecule has 3 aromatic carbocycles. The van der Waals surface area contributed by atoms with Crippen molar-refractivity contribution in [1.29, 1.82) is 5.26 Å². The van der Waals surface area contributed by atoms with Crippen LogP contribution in [-0.4, -0.2) is 26.3 Å². The van der Waals surface area contributed by atoms with E-state index in [1.165, 1.54) is 0 Å². The molecule has 0 saturated heterocycles. The van der Waals surface area contributed by atoms with E-state index in [2.05, 4.69) is 13.0 Å². The molecule has 3 aromatic rings. The molecular formula is C29H27ClN2O6. The summed E-state index contributed by atoms with van der Waals surface area (Å²) in [6.07, 6.45) is 1.94. The molecule has 1 aliphatic rings. The summed E-state index contributed by atoms with van der Waals surface area (Å²) in [6.45, 7) is 2.36. The van der Waals surface area contributed by atoms with Crippen molar-refractivity contribution in [3.8, 4) is 34.8 Å². The largest absolute Gasteiger partial charge is 0.493 e. The summed E-state index contributed by atoms with van der Waals surface area (Å²) in [4.78, 5) is 12.4. The lowest BCUT2D eigenvalue weighted by Crippen LogP contribution is -2.22. The number of allylic oxidation sites excluding steroid dienone is 1. The number of rotatable bonds is 10. The standard InChI is InChI=1S/C29H27ClN2O6/c1-3-4-12-35-24-11-8-18(13-26(24)34-2)28-22-10-9-21(15-25(22)38-29(32)23(28)16-31)37-27(33)17-36-20-7-5-6-19(30)14-20/h5-11,13-15,28H,3-4,12,17,32H2,1-2H3. The molecule has 4 rings (SSSR count). The number of halogens is 1. The first kappa shape index (κ1) is 26.7. The van der Waals surface area contributed by atoms with E-state index < -0.39 is 11.9 Å². The zero-order valence-electron chi connectivity index (χ0n) is 21.0. The minimum atomic E-state index is -0.609. The van der Waals surface area contributed by atoms with E-state index in [1.807, 2.05) is 18.2 Å². The van der Waals surface area contributed by atoms with E-state index >= 15 is 0 Å². The maximum absolute atomic E-state index is 12.4. The fraction of sp³-hybridized carbons (Fsp3) is 0.241. The number of nitriles is 1. The number of methoxy groups -OCH3 is 1. The molecular weight excluding hydrogens is 508 g/mol. The Balaban J connectivity index is 1.56. The van der Waals surface area contributed by atoms with Gasteiger partial charge in [0.2, 0.25) is 5.88 Å². The maximum atomic E-state index is 12.4. The first-order chi connectivity index (χ1) is 18.4. The summed E-state index contributed by atoms with van der Waals surface area (Å²) in [7, 11) is 1.57. The molecule has 0 fully saturated rings. The molecule has 0 radical (unpaired) electrons. The average Bonchev–Trinajstić information content (AvgIpc) is 2.91. The number of nitrogens with zero attached hydrogens (tertiary/aromatic N) is 1. The maximum Gasteiger partial charge on any atom is 0.349 e. The Labute approximate surface area is 226 Å². The Morgan fingerprint density at radius 3 is 2.66 bits per heavy atom. The van der Waals surface area contributed by atoms with Gasteiger partial charge in [-0.25, -0.2) is 4.79 Å². The van der Waals surface area contributed by atoms with E-state index in [0.29, 0.717) is 40.2 Å². The van der Waals surface area contributed by atoms with Gasteiger partial charge in [-0.3, -0.25) is 0 Å². The second kappa shape index (κ2) is 12.3. The normalized spacial score (nSPS) is 14.1. The van der Waals surface area contributed by atoms with Crippen LogP contribution in [0.15, 0.2) is 72.1 Å². The third-order valence-electron chi connectivity index (χ3n) is 5.85. The smallest absolute Gasteiger partial charge is 0.349 e. The summed E-state index contributed by atoms with van der Waals surface area (Å²) in [5.41, 5.74) is 7.85.